The van der Waals surface area contributed by atoms with Crippen LogP contribution in [-0.4, -0.2) is 38.9 Å². The van der Waals surface area contributed by atoms with Gasteiger partial charge in [-0.25, -0.2) is 4.68 Å². The molecule has 6 nitrogen and oxygen atoms in total. The van der Waals surface area contributed by atoms with E-state index < -0.39 is 0 Å². The summed E-state index contributed by atoms with van der Waals surface area (Å²) in [6.45, 7) is 0.550. The molecule has 6 heteroatoms. The summed E-state index contributed by atoms with van der Waals surface area (Å²) in [4.78, 5) is 7.73. The van der Waals surface area contributed by atoms with Crippen molar-refractivity contribution in [3.05, 3.63) is 54.4 Å². The molecule has 2 atom stereocenters. The smallest absolute Gasteiger partial charge is 0.223 e. The Morgan fingerprint density at radius 2 is 1.81 bits per heavy atom. The van der Waals surface area contributed by atoms with Gasteiger partial charge < -0.3 is 15.0 Å². The zero-order valence-electron chi connectivity index (χ0n) is 18.3. The molecule has 3 aromatic rings. The van der Waals surface area contributed by atoms with Crippen LogP contribution in [0.3, 0.4) is 0 Å². The first-order valence-electron chi connectivity index (χ1n) is 12.1. The van der Waals surface area contributed by atoms with Crippen molar-refractivity contribution in [1.29, 1.82) is 0 Å². The number of piperidine rings is 2. The van der Waals surface area contributed by atoms with Crippen LogP contribution in [0.2, 0.25) is 0 Å². The number of fused-ring (bicyclic) bond motifs is 5. The fourth-order valence-corrected chi connectivity index (χ4v) is 6.05. The zero-order chi connectivity index (χ0) is 21.1. The Labute approximate surface area is 188 Å². The van der Waals surface area contributed by atoms with Crippen LogP contribution >= 0.6 is 0 Å². The van der Waals surface area contributed by atoms with Gasteiger partial charge in [0.2, 0.25) is 5.88 Å². The molecule has 5 heterocycles. The van der Waals surface area contributed by atoms with Crippen LogP contribution in [0, 0.1) is 0 Å². The van der Waals surface area contributed by atoms with Gasteiger partial charge in [-0.3, -0.25) is 0 Å². The molecule has 3 fully saturated rings. The highest BCUT2D eigenvalue weighted by atomic mass is 16.5. The van der Waals surface area contributed by atoms with Crippen molar-refractivity contribution in [3.8, 4) is 22.7 Å². The predicted molar refractivity (Wildman–Crippen MR) is 124 cm³/mol. The van der Waals surface area contributed by atoms with E-state index in [1.165, 1.54) is 56.1 Å². The highest BCUT2D eigenvalue weighted by Gasteiger charge is 2.40. The Kier molecular flexibility index (Phi) is 4.29. The minimum absolute atomic E-state index is 0.550. The molecule has 1 aliphatic carbocycles. The Morgan fingerprint density at radius 3 is 2.59 bits per heavy atom. The number of rotatable bonds is 4. The van der Waals surface area contributed by atoms with Gasteiger partial charge in [-0.15, -0.1) is 0 Å². The summed E-state index contributed by atoms with van der Waals surface area (Å²) < 4.78 is 8.08. The summed E-state index contributed by atoms with van der Waals surface area (Å²) in [5.41, 5.74) is 4.56. The fourth-order valence-electron chi connectivity index (χ4n) is 6.05. The molecule has 1 aromatic carbocycles. The van der Waals surface area contributed by atoms with Gasteiger partial charge in [0.05, 0.1) is 5.69 Å². The third-order valence-corrected chi connectivity index (χ3v) is 7.65. The van der Waals surface area contributed by atoms with Crippen LogP contribution in [0.5, 0.6) is 5.88 Å². The monoisotopic (exact) mass is 427 g/mol. The molecule has 164 valence electrons. The van der Waals surface area contributed by atoms with Crippen LogP contribution in [0.1, 0.15) is 50.5 Å². The standard InChI is InChI=1S/C26H29N5O/c1-3-18-14-22(15-19(4-1)28-18)31(20-5-6-20)25-10-9-24-23-8-7-21(30-12-2-11-27-30)13-17(23)16-32-26(24)29-25/h2,7-13,18-20,22,28H,1,3-6,14-16H2/t18-,19-/m0/s1. The molecule has 7 rings (SSSR count). The Hall–Kier alpha value is -2.86. The van der Waals surface area contributed by atoms with Gasteiger partial charge in [0.25, 0.3) is 0 Å². The van der Waals surface area contributed by atoms with E-state index in [1.807, 2.05) is 16.9 Å². The molecule has 0 unspecified atom stereocenters. The lowest BCUT2D eigenvalue weighted by Gasteiger charge is -2.45. The molecule has 2 aromatic heterocycles. The number of benzene rings is 1. The lowest BCUT2D eigenvalue weighted by Crippen LogP contribution is -2.55. The van der Waals surface area contributed by atoms with Crippen LogP contribution in [-0.2, 0) is 6.61 Å². The fraction of sp³-hybridized carbons (Fsp3) is 0.462. The molecule has 1 saturated carbocycles. The second-order valence-electron chi connectivity index (χ2n) is 9.86. The SMILES string of the molecule is c1cnn(-c2ccc3c(c2)COc2nc(N(C4CC4)C4C[C@@H]5CCC[C@@H](C4)N5)ccc2-3)c1. The highest BCUT2D eigenvalue weighted by molar-refractivity contribution is 5.75. The van der Waals surface area contributed by atoms with E-state index in [1.54, 1.807) is 6.20 Å². The molecule has 0 amide bonds. The van der Waals surface area contributed by atoms with E-state index in [9.17, 15) is 0 Å². The number of hydrogen-bond donors (Lipinski definition) is 1. The van der Waals surface area contributed by atoms with Crippen LogP contribution < -0.4 is 15.0 Å². The lowest BCUT2D eigenvalue weighted by molar-refractivity contribution is 0.215. The van der Waals surface area contributed by atoms with Crippen molar-refractivity contribution >= 4 is 5.82 Å². The Balaban J connectivity index is 1.21. The highest BCUT2D eigenvalue weighted by Crippen LogP contribution is 2.42. The van der Waals surface area contributed by atoms with Gasteiger partial charge in [-0.2, -0.15) is 10.1 Å². The van der Waals surface area contributed by atoms with E-state index in [4.69, 9.17) is 9.72 Å². The molecule has 2 saturated heterocycles. The number of anilines is 1. The van der Waals surface area contributed by atoms with Crippen molar-refractivity contribution < 1.29 is 4.74 Å². The molecular weight excluding hydrogens is 398 g/mol. The topological polar surface area (TPSA) is 55.2 Å². The van der Waals surface area contributed by atoms with Crippen molar-refractivity contribution in [2.75, 3.05) is 4.90 Å². The number of nitrogens with one attached hydrogen (secondary N) is 1. The lowest BCUT2D eigenvalue weighted by atomic mass is 9.83. The van der Waals surface area contributed by atoms with Crippen molar-refractivity contribution in [3.63, 3.8) is 0 Å². The summed E-state index contributed by atoms with van der Waals surface area (Å²) >= 11 is 0. The van der Waals surface area contributed by atoms with Crippen molar-refractivity contribution in [2.24, 2.45) is 0 Å². The van der Waals surface area contributed by atoms with E-state index in [2.05, 4.69) is 45.6 Å². The van der Waals surface area contributed by atoms with Gasteiger partial charge in [0.1, 0.15) is 12.4 Å². The molecule has 0 spiro atoms. The zero-order valence-corrected chi connectivity index (χ0v) is 18.3. The first-order valence-corrected chi connectivity index (χ1v) is 12.1. The maximum atomic E-state index is 6.20. The van der Waals surface area contributed by atoms with E-state index >= 15 is 0 Å². The van der Waals surface area contributed by atoms with Gasteiger partial charge in [-0.05, 0) is 80.0 Å². The summed E-state index contributed by atoms with van der Waals surface area (Å²) in [6.07, 6.45) is 12.9. The quantitative estimate of drug-likeness (QED) is 0.666. The third-order valence-electron chi connectivity index (χ3n) is 7.65. The Bertz CT molecular complexity index is 1130. The van der Waals surface area contributed by atoms with Gasteiger partial charge in [-0.1, -0.05) is 12.5 Å². The van der Waals surface area contributed by atoms with Crippen LogP contribution in [0.15, 0.2) is 48.8 Å². The molecule has 3 aliphatic heterocycles. The van der Waals surface area contributed by atoms with Gasteiger partial charge in [0, 0.05) is 42.1 Å². The third kappa shape index (κ3) is 3.20. The minimum Gasteiger partial charge on any atom is -0.472 e. The first-order chi connectivity index (χ1) is 15.8. The first kappa shape index (κ1) is 18.7. The number of nitrogens with zero attached hydrogens (tertiary/aromatic N) is 4. The van der Waals surface area contributed by atoms with Crippen molar-refractivity contribution in [2.45, 2.75) is 75.7 Å². The van der Waals surface area contributed by atoms with E-state index in [0.29, 0.717) is 30.8 Å². The Morgan fingerprint density at radius 1 is 0.969 bits per heavy atom. The summed E-state index contributed by atoms with van der Waals surface area (Å²) in [7, 11) is 0. The van der Waals surface area contributed by atoms with Crippen LogP contribution in [0.4, 0.5) is 5.82 Å². The minimum atomic E-state index is 0.550. The second kappa shape index (κ2) is 7.34. The largest absolute Gasteiger partial charge is 0.472 e. The predicted octanol–water partition coefficient (Wildman–Crippen LogP) is 4.47. The van der Waals surface area contributed by atoms with E-state index in [-0.39, 0.29) is 0 Å². The van der Waals surface area contributed by atoms with Crippen LogP contribution in [0.25, 0.3) is 16.8 Å². The maximum Gasteiger partial charge on any atom is 0.223 e. The van der Waals surface area contributed by atoms with Gasteiger partial charge >= 0.3 is 0 Å². The average Bonchev–Trinajstić information content (AvgIpc) is 3.49. The number of hydrogen-bond acceptors (Lipinski definition) is 5. The van der Waals surface area contributed by atoms with Gasteiger partial charge in [0.15, 0.2) is 0 Å². The number of aromatic nitrogens is 3. The second-order valence-corrected chi connectivity index (χ2v) is 9.86. The normalized spacial score (nSPS) is 26.1. The summed E-state index contributed by atoms with van der Waals surface area (Å²) in [6, 6.07) is 15.5. The number of ether oxygens (including phenoxy) is 1. The van der Waals surface area contributed by atoms with E-state index in [0.717, 1.165) is 22.9 Å². The summed E-state index contributed by atoms with van der Waals surface area (Å²) in [5, 5.41) is 8.20. The molecular formula is C26H29N5O. The summed E-state index contributed by atoms with van der Waals surface area (Å²) in [5.74, 6) is 1.88. The van der Waals surface area contributed by atoms with Crippen molar-refractivity contribution in [1.82, 2.24) is 20.1 Å². The number of pyridine rings is 1. The molecule has 2 bridgehead atoms. The molecule has 32 heavy (non-hydrogen) atoms. The molecule has 4 aliphatic rings. The molecule has 0 radical (unpaired) electrons. The molecule has 1 N–H and O–H groups in total. The maximum absolute atomic E-state index is 6.20. The average molecular weight is 428 g/mol.